The molecule has 2 aliphatic rings. The van der Waals surface area contributed by atoms with Crippen LogP contribution < -0.4 is 0 Å². The number of hydrogen-bond donors (Lipinski definition) is 0. The number of ether oxygens (including phenoxy) is 2. The number of pyridine rings is 1. The lowest BCUT2D eigenvalue weighted by Gasteiger charge is -2.10. The Bertz CT molecular complexity index is 1520. The molecular weight excluding hydrogens is 446 g/mol. The molecule has 0 spiro atoms. The van der Waals surface area contributed by atoms with Gasteiger partial charge in [0.2, 0.25) is 11.8 Å². The predicted molar refractivity (Wildman–Crippen MR) is 143 cm³/mol. The number of hydrogen-bond acceptors (Lipinski definition) is 5. The average Bonchev–Trinajstić information content (AvgIpc) is 3.63. The highest BCUT2D eigenvalue weighted by Gasteiger charge is 2.25. The fraction of sp³-hybridized carbons (Fsp3) is 0.129. The van der Waals surface area contributed by atoms with Crippen LogP contribution in [-0.4, -0.2) is 30.0 Å². The van der Waals surface area contributed by atoms with Gasteiger partial charge in [-0.15, -0.1) is 0 Å². The second kappa shape index (κ2) is 8.61. The van der Waals surface area contributed by atoms with E-state index in [9.17, 15) is 0 Å². The van der Waals surface area contributed by atoms with Gasteiger partial charge in [0, 0.05) is 10.8 Å². The van der Waals surface area contributed by atoms with Gasteiger partial charge in [-0.3, -0.25) is 0 Å². The molecule has 0 saturated carbocycles. The van der Waals surface area contributed by atoms with E-state index in [4.69, 9.17) is 24.4 Å². The molecule has 7 rings (SSSR count). The Hall–Kier alpha value is -4.51. The SMILES string of the molecule is c1ccc([C@@H]2COC(c3cccc4cc5cccc(C6=N[C@H](c7ccccc7)CO6)c5nc34)=N2)cc1. The molecule has 0 aliphatic carbocycles. The van der Waals surface area contributed by atoms with E-state index in [-0.39, 0.29) is 12.1 Å². The molecule has 5 nitrogen and oxygen atoms in total. The quantitative estimate of drug-likeness (QED) is 0.285. The second-order valence-electron chi connectivity index (χ2n) is 9.09. The van der Waals surface area contributed by atoms with E-state index < -0.39 is 0 Å². The monoisotopic (exact) mass is 469 g/mol. The van der Waals surface area contributed by atoms with Crippen LogP contribution >= 0.6 is 0 Å². The van der Waals surface area contributed by atoms with Crippen molar-refractivity contribution in [2.75, 3.05) is 13.2 Å². The minimum absolute atomic E-state index is 0.0105. The smallest absolute Gasteiger partial charge is 0.219 e. The third kappa shape index (κ3) is 3.60. The highest BCUT2D eigenvalue weighted by atomic mass is 16.5. The Morgan fingerprint density at radius 3 is 1.47 bits per heavy atom. The number of para-hydroxylation sites is 2. The fourth-order valence-corrected chi connectivity index (χ4v) is 4.96. The maximum Gasteiger partial charge on any atom is 0.219 e. The molecule has 0 fully saturated rings. The van der Waals surface area contributed by atoms with E-state index in [1.807, 2.05) is 60.7 Å². The predicted octanol–water partition coefficient (Wildman–Crippen LogP) is 6.42. The van der Waals surface area contributed by atoms with Crippen LogP contribution in [0, 0.1) is 0 Å². The molecule has 0 amide bonds. The zero-order valence-corrected chi connectivity index (χ0v) is 19.5. The molecule has 5 heteroatoms. The molecule has 36 heavy (non-hydrogen) atoms. The van der Waals surface area contributed by atoms with Crippen LogP contribution in [0.5, 0.6) is 0 Å². The molecule has 174 valence electrons. The van der Waals surface area contributed by atoms with E-state index in [1.54, 1.807) is 0 Å². The molecule has 0 saturated heterocycles. The minimum Gasteiger partial charge on any atom is -0.475 e. The lowest BCUT2D eigenvalue weighted by Crippen LogP contribution is -2.05. The number of fused-ring (bicyclic) bond motifs is 2. The fourth-order valence-electron chi connectivity index (χ4n) is 4.96. The third-order valence-corrected chi connectivity index (χ3v) is 6.80. The molecular formula is C31H23N3O2. The molecule has 4 aromatic carbocycles. The van der Waals surface area contributed by atoms with Gasteiger partial charge in [0.15, 0.2) is 0 Å². The maximum absolute atomic E-state index is 6.08. The lowest BCUT2D eigenvalue weighted by atomic mass is 10.0. The van der Waals surface area contributed by atoms with Crippen LogP contribution in [0.15, 0.2) is 113 Å². The Labute approximate surface area is 208 Å². The minimum atomic E-state index is -0.0105. The van der Waals surface area contributed by atoms with Gasteiger partial charge < -0.3 is 9.47 Å². The molecule has 0 N–H and O–H groups in total. The molecule has 2 atom stereocenters. The summed E-state index contributed by atoms with van der Waals surface area (Å²) in [5.41, 5.74) is 5.83. The second-order valence-corrected chi connectivity index (χ2v) is 9.09. The summed E-state index contributed by atoms with van der Waals surface area (Å²) in [4.78, 5) is 15.0. The highest BCUT2D eigenvalue weighted by Crippen LogP contribution is 2.31. The van der Waals surface area contributed by atoms with Gasteiger partial charge in [0.05, 0.1) is 22.2 Å². The van der Waals surface area contributed by atoms with Crippen LogP contribution in [0.25, 0.3) is 21.8 Å². The summed E-state index contributed by atoms with van der Waals surface area (Å²) < 4.78 is 12.2. The largest absolute Gasteiger partial charge is 0.475 e. The van der Waals surface area contributed by atoms with Gasteiger partial charge in [-0.2, -0.15) is 0 Å². The summed E-state index contributed by atoms with van der Waals surface area (Å²) in [5, 5.41) is 2.09. The topological polar surface area (TPSA) is 56.1 Å². The number of nitrogens with zero attached hydrogens (tertiary/aromatic N) is 3. The van der Waals surface area contributed by atoms with Crippen LogP contribution in [0.1, 0.15) is 34.3 Å². The maximum atomic E-state index is 6.08. The van der Waals surface area contributed by atoms with Gasteiger partial charge in [0.25, 0.3) is 0 Å². The summed E-state index contributed by atoms with van der Waals surface area (Å²) >= 11 is 0. The van der Waals surface area contributed by atoms with Gasteiger partial charge in [0.1, 0.15) is 25.3 Å². The molecule has 0 bridgehead atoms. The molecule has 0 unspecified atom stereocenters. The van der Waals surface area contributed by atoms with Crippen LogP contribution in [0.3, 0.4) is 0 Å². The zero-order chi connectivity index (χ0) is 23.9. The van der Waals surface area contributed by atoms with E-state index in [0.29, 0.717) is 25.0 Å². The first kappa shape index (κ1) is 20.8. The third-order valence-electron chi connectivity index (χ3n) is 6.80. The van der Waals surface area contributed by atoms with E-state index in [2.05, 4.69) is 42.5 Å². The zero-order valence-electron chi connectivity index (χ0n) is 19.5. The Morgan fingerprint density at radius 2 is 1.00 bits per heavy atom. The van der Waals surface area contributed by atoms with Gasteiger partial charge in [-0.05, 0) is 29.3 Å². The Kier molecular flexibility index (Phi) is 4.98. The van der Waals surface area contributed by atoms with Gasteiger partial charge in [-0.1, -0.05) is 84.9 Å². The molecule has 3 heterocycles. The summed E-state index contributed by atoms with van der Waals surface area (Å²) in [5.74, 6) is 1.27. The first-order valence-electron chi connectivity index (χ1n) is 12.2. The summed E-state index contributed by atoms with van der Waals surface area (Å²) in [6.45, 7) is 1.06. The lowest BCUT2D eigenvalue weighted by molar-refractivity contribution is 0.320. The summed E-state index contributed by atoms with van der Waals surface area (Å²) in [7, 11) is 0. The number of rotatable bonds is 4. The van der Waals surface area contributed by atoms with Crippen molar-refractivity contribution in [1.29, 1.82) is 0 Å². The van der Waals surface area contributed by atoms with Crippen LogP contribution in [-0.2, 0) is 9.47 Å². The number of aromatic nitrogens is 1. The first-order valence-corrected chi connectivity index (χ1v) is 12.2. The normalized spacial score (nSPS) is 19.1. The van der Waals surface area contributed by atoms with Crippen LogP contribution in [0.4, 0.5) is 0 Å². The standard InChI is InChI=1S/C31H23N3O2/c1-3-9-20(10-4-1)26-18-35-30(32-26)24-15-7-13-22-17-23-14-8-16-25(29(23)34-28(22)24)31-33-27(19-36-31)21-11-5-2-6-12-21/h1-17,26-27H,18-19H2/t26-,27-/m0/s1. The number of benzene rings is 4. The molecule has 5 aromatic rings. The highest BCUT2D eigenvalue weighted by molar-refractivity contribution is 6.12. The average molecular weight is 470 g/mol. The van der Waals surface area contributed by atoms with Crippen molar-refractivity contribution in [2.24, 2.45) is 9.98 Å². The van der Waals surface area contributed by atoms with Crippen molar-refractivity contribution in [1.82, 2.24) is 4.98 Å². The number of aliphatic imine (C=N–C) groups is 2. The summed E-state index contributed by atoms with van der Waals surface area (Å²) in [6.07, 6.45) is 0. The van der Waals surface area contributed by atoms with Crippen molar-refractivity contribution in [2.45, 2.75) is 12.1 Å². The van der Waals surface area contributed by atoms with E-state index in [0.717, 1.165) is 44.1 Å². The van der Waals surface area contributed by atoms with Crippen molar-refractivity contribution in [3.63, 3.8) is 0 Å². The van der Waals surface area contributed by atoms with Crippen molar-refractivity contribution in [3.05, 3.63) is 125 Å². The van der Waals surface area contributed by atoms with Crippen molar-refractivity contribution in [3.8, 4) is 0 Å². The molecule has 1 aromatic heterocycles. The molecule has 2 aliphatic heterocycles. The Balaban J connectivity index is 1.32. The van der Waals surface area contributed by atoms with Gasteiger partial charge >= 0.3 is 0 Å². The van der Waals surface area contributed by atoms with E-state index >= 15 is 0 Å². The van der Waals surface area contributed by atoms with Crippen molar-refractivity contribution >= 4 is 33.6 Å². The van der Waals surface area contributed by atoms with Crippen molar-refractivity contribution < 1.29 is 9.47 Å². The van der Waals surface area contributed by atoms with Gasteiger partial charge in [-0.25, -0.2) is 15.0 Å². The van der Waals surface area contributed by atoms with Crippen LogP contribution in [0.2, 0.25) is 0 Å². The summed E-state index contributed by atoms with van der Waals surface area (Å²) in [6, 6.07) is 35.0. The molecule has 0 radical (unpaired) electrons. The Morgan fingerprint density at radius 1 is 0.528 bits per heavy atom. The van der Waals surface area contributed by atoms with E-state index in [1.165, 1.54) is 0 Å². The first-order chi connectivity index (χ1) is 17.8.